The van der Waals surface area contributed by atoms with Gasteiger partial charge in [0, 0.05) is 32.6 Å². The summed E-state index contributed by atoms with van der Waals surface area (Å²) in [7, 11) is -3.18. The maximum atomic E-state index is 12.6. The molecule has 0 radical (unpaired) electrons. The van der Waals surface area contributed by atoms with Crippen LogP contribution in [0, 0.1) is 11.8 Å². The molecule has 1 aliphatic heterocycles. The smallest absolute Gasteiger partial charge is 0.222 e. The van der Waals surface area contributed by atoms with Crippen LogP contribution in [-0.2, 0) is 14.8 Å². The van der Waals surface area contributed by atoms with Crippen LogP contribution in [0.1, 0.15) is 46.0 Å². The summed E-state index contributed by atoms with van der Waals surface area (Å²) in [4.78, 5) is 13.6. The third-order valence-electron chi connectivity index (χ3n) is 4.97. The average Bonchev–Trinajstić information content (AvgIpc) is 2.70. The van der Waals surface area contributed by atoms with E-state index in [1.807, 2.05) is 6.92 Å². The van der Waals surface area contributed by atoms with Crippen molar-refractivity contribution in [3.63, 3.8) is 0 Å². The summed E-state index contributed by atoms with van der Waals surface area (Å²) in [6.45, 7) is 6.23. The van der Waals surface area contributed by atoms with Crippen molar-refractivity contribution in [3.8, 4) is 0 Å². The molecule has 0 N–H and O–H groups in total. The Hall–Kier alpha value is -0.620. The van der Waals surface area contributed by atoms with Crippen molar-refractivity contribution in [2.24, 2.45) is 11.8 Å². The van der Waals surface area contributed by atoms with E-state index >= 15 is 0 Å². The molecule has 6 heteroatoms. The topological polar surface area (TPSA) is 57.7 Å². The zero-order valence-corrected chi connectivity index (χ0v) is 14.1. The van der Waals surface area contributed by atoms with Crippen molar-refractivity contribution < 1.29 is 13.2 Å². The average molecular weight is 316 g/mol. The summed E-state index contributed by atoms with van der Waals surface area (Å²) >= 11 is 0. The first-order chi connectivity index (χ1) is 9.94. The lowest BCUT2D eigenvalue weighted by Gasteiger charge is -2.24. The number of carbonyl (C=O) groups excluding carboxylic acids is 1. The molecule has 0 aromatic rings. The number of rotatable bonds is 4. The van der Waals surface area contributed by atoms with Crippen LogP contribution in [0.15, 0.2) is 0 Å². The van der Waals surface area contributed by atoms with Crippen LogP contribution in [-0.4, -0.2) is 55.5 Å². The van der Waals surface area contributed by atoms with Gasteiger partial charge >= 0.3 is 0 Å². The van der Waals surface area contributed by atoms with Crippen LogP contribution < -0.4 is 0 Å². The molecule has 2 aliphatic rings. The molecule has 1 saturated heterocycles. The summed E-state index contributed by atoms with van der Waals surface area (Å²) in [5, 5.41) is 0. The maximum Gasteiger partial charge on any atom is 0.222 e. The Morgan fingerprint density at radius 1 is 1.10 bits per heavy atom. The van der Waals surface area contributed by atoms with Gasteiger partial charge in [0.1, 0.15) is 0 Å². The zero-order chi connectivity index (χ0) is 15.5. The molecular formula is C15H28N2O3S. The van der Waals surface area contributed by atoms with Crippen LogP contribution in [0.2, 0.25) is 0 Å². The van der Waals surface area contributed by atoms with E-state index in [2.05, 4.69) is 6.92 Å². The van der Waals surface area contributed by atoms with Gasteiger partial charge in [0.05, 0.1) is 5.75 Å². The van der Waals surface area contributed by atoms with Crippen molar-refractivity contribution >= 4 is 15.9 Å². The Morgan fingerprint density at radius 2 is 1.86 bits per heavy atom. The first-order valence-electron chi connectivity index (χ1n) is 8.19. The third-order valence-corrected chi connectivity index (χ3v) is 6.97. The van der Waals surface area contributed by atoms with Gasteiger partial charge in [-0.15, -0.1) is 0 Å². The Bertz CT molecular complexity index is 464. The lowest BCUT2D eigenvalue weighted by molar-refractivity contribution is -0.130. The van der Waals surface area contributed by atoms with Gasteiger partial charge < -0.3 is 4.90 Å². The molecule has 2 rings (SSSR count). The van der Waals surface area contributed by atoms with Crippen LogP contribution in [0.25, 0.3) is 0 Å². The van der Waals surface area contributed by atoms with Gasteiger partial charge in [-0.3, -0.25) is 4.79 Å². The molecule has 1 aliphatic carbocycles. The highest BCUT2D eigenvalue weighted by atomic mass is 32.2. The van der Waals surface area contributed by atoms with E-state index in [4.69, 9.17) is 0 Å². The molecule has 1 amide bonds. The molecule has 1 heterocycles. The molecule has 0 aromatic carbocycles. The fourth-order valence-corrected chi connectivity index (χ4v) is 5.50. The zero-order valence-electron chi connectivity index (χ0n) is 13.3. The molecule has 1 saturated carbocycles. The van der Waals surface area contributed by atoms with Crippen molar-refractivity contribution in [1.29, 1.82) is 0 Å². The van der Waals surface area contributed by atoms with Gasteiger partial charge in [-0.05, 0) is 24.7 Å². The summed E-state index contributed by atoms with van der Waals surface area (Å²) in [5.74, 6) is 1.24. The highest BCUT2D eigenvalue weighted by molar-refractivity contribution is 7.89. The molecule has 21 heavy (non-hydrogen) atoms. The number of carbonyl (C=O) groups is 1. The van der Waals surface area contributed by atoms with Crippen LogP contribution in [0.5, 0.6) is 0 Å². The Labute approximate surface area is 128 Å². The quantitative estimate of drug-likeness (QED) is 0.793. The second-order valence-corrected chi connectivity index (χ2v) is 8.45. The molecule has 2 atom stereocenters. The summed E-state index contributed by atoms with van der Waals surface area (Å²) < 4.78 is 26.8. The molecule has 0 aromatic heterocycles. The third kappa shape index (κ3) is 4.19. The fourth-order valence-electron chi connectivity index (χ4n) is 3.49. The van der Waals surface area contributed by atoms with E-state index in [1.165, 1.54) is 0 Å². The predicted molar refractivity (Wildman–Crippen MR) is 83.4 cm³/mol. The van der Waals surface area contributed by atoms with Crippen molar-refractivity contribution in [3.05, 3.63) is 0 Å². The molecular weight excluding hydrogens is 288 g/mol. The van der Waals surface area contributed by atoms with Gasteiger partial charge in [-0.1, -0.05) is 26.7 Å². The molecule has 122 valence electrons. The van der Waals surface area contributed by atoms with Crippen molar-refractivity contribution in [2.75, 3.05) is 31.9 Å². The first-order valence-corrected chi connectivity index (χ1v) is 9.80. The highest BCUT2D eigenvalue weighted by Crippen LogP contribution is 2.32. The molecule has 0 spiro atoms. The summed E-state index contributed by atoms with van der Waals surface area (Å²) in [6, 6.07) is 0. The number of hydrogen-bond acceptors (Lipinski definition) is 3. The highest BCUT2D eigenvalue weighted by Gasteiger charge is 2.32. The van der Waals surface area contributed by atoms with E-state index in [0.29, 0.717) is 44.4 Å². The SMILES string of the molecule is CCC(=O)N1CCCN(S(=O)(=O)C[C@@H]2CCC[C@H]2C)CC1. The normalized spacial score (nSPS) is 28.6. The number of sulfonamides is 1. The minimum atomic E-state index is -3.18. The molecule has 0 bridgehead atoms. The lowest BCUT2D eigenvalue weighted by Crippen LogP contribution is -2.39. The largest absolute Gasteiger partial charge is 0.341 e. The number of amides is 1. The standard InChI is InChI=1S/C15H28N2O3S/c1-3-15(18)16-8-5-9-17(11-10-16)21(19,20)12-14-7-4-6-13(14)2/h13-14H,3-12H2,1-2H3/t13-,14+/m1/s1. The monoisotopic (exact) mass is 316 g/mol. The Balaban J connectivity index is 1.95. The van der Waals surface area contributed by atoms with Gasteiger partial charge in [0.15, 0.2) is 0 Å². The molecule has 5 nitrogen and oxygen atoms in total. The van der Waals surface area contributed by atoms with E-state index in [1.54, 1.807) is 9.21 Å². The second kappa shape index (κ2) is 7.09. The predicted octanol–water partition coefficient (Wildman–Crippen LogP) is 1.70. The van der Waals surface area contributed by atoms with Gasteiger partial charge in [-0.2, -0.15) is 0 Å². The molecule has 2 fully saturated rings. The van der Waals surface area contributed by atoms with Crippen molar-refractivity contribution in [2.45, 2.75) is 46.0 Å². The van der Waals surface area contributed by atoms with E-state index < -0.39 is 10.0 Å². The van der Waals surface area contributed by atoms with Gasteiger partial charge in [0.25, 0.3) is 0 Å². The lowest BCUT2D eigenvalue weighted by atomic mass is 10.0. The molecule has 0 unspecified atom stereocenters. The fraction of sp³-hybridized carbons (Fsp3) is 0.933. The summed E-state index contributed by atoms with van der Waals surface area (Å²) in [6.07, 6.45) is 4.57. The Kier molecular flexibility index (Phi) is 5.66. The van der Waals surface area contributed by atoms with Gasteiger partial charge in [-0.25, -0.2) is 12.7 Å². The van der Waals surface area contributed by atoms with E-state index in [9.17, 15) is 13.2 Å². The number of hydrogen-bond donors (Lipinski definition) is 0. The van der Waals surface area contributed by atoms with E-state index in [0.717, 1.165) is 25.7 Å². The Morgan fingerprint density at radius 3 is 2.48 bits per heavy atom. The second-order valence-electron chi connectivity index (χ2n) is 6.43. The maximum absolute atomic E-state index is 12.6. The minimum absolute atomic E-state index is 0.124. The first kappa shape index (κ1) is 16.7. The van der Waals surface area contributed by atoms with Crippen LogP contribution >= 0.6 is 0 Å². The van der Waals surface area contributed by atoms with Crippen molar-refractivity contribution in [1.82, 2.24) is 9.21 Å². The summed E-state index contributed by atoms with van der Waals surface area (Å²) in [5.41, 5.74) is 0. The van der Waals surface area contributed by atoms with Crippen LogP contribution in [0.4, 0.5) is 0 Å². The van der Waals surface area contributed by atoms with Gasteiger partial charge in [0.2, 0.25) is 15.9 Å². The van der Waals surface area contributed by atoms with E-state index in [-0.39, 0.29) is 11.7 Å². The number of nitrogens with zero attached hydrogens (tertiary/aromatic N) is 2. The van der Waals surface area contributed by atoms with Crippen LogP contribution in [0.3, 0.4) is 0 Å². The minimum Gasteiger partial charge on any atom is -0.341 e.